The maximum Gasteiger partial charge on any atom is 0.0468 e. The van der Waals surface area contributed by atoms with Crippen molar-refractivity contribution in [2.45, 2.75) is 6.92 Å². The van der Waals surface area contributed by atoms with E-state index in [1.807, 2.05) is 25.1 Å². The van der Waals surface area contributed by atoms with E-state index in [0.717, 1.165) is 16.3 Å². The maximum atomic E-state index is 5.72. The summed E-state index contributed by atoms with van der Waals surface area (Å²) >= 11 is 9.64. The molecule has 0 aliphatic carbocycles. The van der Waals surface area contributed by atoms with Crippen molar-refractivity contribution in [3.63, 3.8) is 0 Å². The van der Waals surface area contributed by atoms with E-state index in [0.29, 0.717) is 0 Å². The largest absolute Gasteiger partial charge is 0.332 e. The van der Waals surface area contributed by atoms with E-state index >= 15 is 0 Å². The Labute approximate surface area is 70.9 Å². The molecule has 0 spiro atoms. The first-order chi connectivity index (χ1) is 4.74. The average molecular weight is 174 g/mol. The van der Waals surface area contributed by atoms with Crippen molar-refractivity contribution in [2.75, 3.05) is 4.72 Å². The molecular formula is C7H8ClNS. The number of hydrogen-bond donors (Lipinski definition) is 2. The summed E-state index contributed by atoms with van der Waals surface area (Å²) in [6.45, 7) is 1.98. The van der Waals surface area contributed by atoms with Crippen LogP contribution in [-0.4, -0.2) is 0 Å². The molecule has 1 aromatic carbocycles. The SMILES string of the molecule is Cc1cc(Cl)ccc1NS. The van der Waals surface area contributed by atoms with Gasteiger partial charge in [-0.05, 0) is 30.7 Å². The van der Waals surface area contributed by atoms with Crippen molar-refractivity contribution in [3.8, 4) is 0 Å². The molecule has 0 saturated carbocycles. The first kappa shape index (κ1) is 7.76. The number of thiol groups is 1. The molecule has 0 saturated heterocycles. The van der Waals surface area contributed by atoms with Gasteiger partial charge in [-0.2, -0.15) is 0 Å². The van der Waals surface area contributed by atoms with Crippen LogP contribution in [0.5, 0.6) is 0 Å². The summed E-state index contributed by atoms with van der Waals surface area (Å²) < 4.78 is 2.76. The molecule has 0 aliphatic heterocycles. The summed E-state index contributed by atoms with van der Waals surface area (Å²) in [5, 5.41) is 0.754. The smallest absolute Gasteiger partial charge is 0.0468 e. The number of halogens is 1. The molecule has 0 amide bonds. The van der Waals surface area contributed by atoms with Gasteiger partial charge in [0.2, 0.25) is 0 Å². The van der Waals surface area contributed by atoms with E-state index in [2.05, 4.69) is 17.5 Å². The zero-order valence-corrected chi connectivity index (χ0v) is 7.21. The molecule has 0 aromatic heterocycles. The summed E-state index contributed by atoms with van der Waals surface area (Å²) in [6.07, 6.45) is 0. The highest BCUT2D eigenvalue weighted by molar-refractivity contribution is 7.81. The van der Waals surface area contributed by atoms with Gasteiger partial charge in [-0.1, -0.05) is 24.4 Å². The van der Waals surface area contributed by atoms with Crippen LogP contribution in [0.2, 0.25) is 5.02 Å². The van der Waals surface area contributed by atoms with E-state index in [1.54, 1.807) is 0 Å². The Hall–Kier alpha value is -0.340. The van der Waals surface area contributed by atoms with Crippen molar-refractivity contribution in [1.29, 1.82) is 0 Å². The molecule has 1 aromatic rings. The lowest BCUT2D eigenvalue weighted by Gasteiger charge is -2.02. The second kappa shape index (κ2) is 3.17. The van der Waals surface area contributed by atoms with Gasteiger partial charge in [0.25, 0.3) is 0 Å². The molecule has 0 atom stereocenters. The van der Waals surface area contributed by atoms with Crippen LogP contribution in [-0.2, 0) is 0 Å². The lowest BCUT2D eigenvalue weighted by molar-refractivity contribution is 1.47. The number of anilines is 1. The van der Waals surface area contributed by atoms with Gasteiger partial charge in [0, 0.05) is 10.7 Å². The minimum atomic E-state index is 0.754. The van der Waals surface area contributed by atoms with Gasteiger partial charge >= 0.3 is 0 Å². The molecule has 1 N–H and O–H groups in total. The topological polar surface area (TPSA) is 12.0 Å². The Kier molecular flexibility index (Phi) is 2.46. The molecule has 1 rings (SSSR count). The molecule has 3 heteroatoms. The predicted octanol–water partition coefficient (Wildman–Crippen LogP) is 2.91. The summed E-state index contributed by atoms with van der Waals surface area (Å²) in [6, 6.07) is 5.61. The van der Waals surface area contributed by atoms with Gasteiger partial charge in [0.15, 0.2) is 0 Å². The third-order valence-corrected chi connectivity index (χ3v) is 1.78. The molecular weight excluding hydrogens is 166 g/mol. The average Bonchev–Trinajstić information content (AvgIpc) is 1.88. The van der Waals surface area contributed by atoms with Crippen LogP contribution in [0.1, 0.15) is 5.56 Å². The van der Waals surface area contributed by atoms with Gasteiger partial charge in [-0.25, -0.2) is 0 Å². The molecule has 0 fully saturated rings. The molecule has 54 valence electrons. The van der Waals surface area contributed by atoms with Gasteiger partial charge in [0.1, 0.15) is 0 Å². The van der Waals surface area contributed by atoms with Crippen LogP contribution in [0.25, 0.3) is 0 Å². The highest BCUT2D eigenvalue weighted by Gasteiger charge is 1.94. The van der Waals surface area contributed by atoms with Crippen LogP contribution in [0.4, 0.5) is 5.69 Å². The Morgan fingerprint density at radius 3 is 2.70 bits per heavy atom. The normalized spacial score (nSPS) is 9.50. The molecule has 0 heterocycles. The molecule has 10 heavy (non-hydrogen) atoms. The van der Waals surface area contributed by atoms with Gasteiger partial charge in [-0.3, -0.25) is 0 Å². The quantitative estimate of drug-likeness (QED) is 0.623. The second-order valence-corrected chi connectivity index (χ2v) is 2.73. The maximum absolute atomic E-state index is 5.72. The standard InChI is InChI=1S/C7H8ClNS/c1-5-4-6(8)2-3-7(5)9-10/h2-4,9-10H,1H3. The Balaban J connectivity index is 3.07. The van der Waals surface area contributed by atoms with Gasteiger partial charge in [0.05, 0.1) is 0 Å². The molecule has 0 unspecified atom stereocenters. The zero-order chi connectivity index (χ0) is 7.56. The van der Waals surface area contributed by atoms with Crippen molar-refractivity contribution >= 4 is 30.1 Å². The number of rotatable bonds is 1. The van der Waals surface area contributed by atoms with Crippen LogP contribution in [0.15, 0.2) is 18.2 Å². The van der Waals surface area contributed by atoms with E-state index in [9.17, 15) is 0 Å². The molecule has 0 radical (unpaired) electrons. The summed E-state index contributed by atoms with van der Waals surface area (Å²) in [7, 11) is 0. The fraction of sp³-hybridized carbons (Fsp3) is 0.143. The lowest BCUT2D eigenvalue weighted by atomic mass is 10.2. The van der Waals surface area contributed by atoms with E-state index in [4.69, 9.17) is 11.6 Å². The fourth-order valence-electron chi connectivity index (χ4n) is 0.753. The van der Waals surface area contributed by atoms with E-state index < -0.39 is 0 Å². The minimum Gasteiger partial charge on any atom is -0.332 e. The van der Waals surface area contributed by atoms with Crippen LogP contribution < -0.4 is 4.72 Å². The van der Waals surface area contributed by atoms with Crippen molar-refractivity contribution < 1.29 is 0 Å². The van der Waals surface area contributed by atoms with Crippen LogP contribution in [0, 0.1) is 6.92 Å². The van der Waals surface area contributed by atoms with Crippen molar-refractivity contribution in [2.24, 2.45) is 0 Å². The Bertz CT molecular complexity index is 237. The number of hydrogen-bond acceptors (Lipinski definition) is 2. The monoisotopic (exact) mass is 173 g/mol. The van der Waals surface area contributed by atoms with Crippen molar-refractivity contribution in [1.82, 2.24) is 0 Å². The third-order valence-electron chi connectivity index (χ3n) is 1.31. The first-order valence-corrected chi connectivity index (χ1v) is 3.73. The highest BCUT2D eigenvalue weighted by atomic mass is 35.5. The van der Waals surface area contributed by atoms with Gasteiger partial charge < -0.3 is 4.72 Å². The van der Waals surface area contributed by atoms with Crippen molar-refractivity contribution in [3.05, 3.63) is 28.8 Å². The molecule has 1 nitrogen and oxygen atoms in total. The second-order valence-electron chi connectivity index (χ2n) is 2.07. The Morgan fingerprint density at radius 1 is 1.50 bits per heavy atom. The molecule has 0 aliphatic rings. The highest BCUT2D eigenvalue weighted by Crippen LogP contribution is 2.19. The number of aryl methyl sites for hydroxylation is 1. The first-order valence-electron chi connectivity index (χ1n) is 2.90. The Morgan fingerprint density at radius 2 is 2.20 bits per heavy atom. The molecule has 0 bridgehead atoms. The number of nitrogens with one attached hydrogen (secondary N) is 1. The predicted molar refractivity (Wildman–Crippen MR) is 48.8 cm³/mol. The van der Waals surface area contributed by atoms with E-state index in [1.165, 1.54) is 0 Å². The summed E-state index contributed by atoms with van der Waals surface area (Å²) in [4.78, 5) is 0. The van der Waals surface area contributed by atoms with E-state index in [-0.39, 0.29) is 0 Å². The lowest BCUT2D eigenvalue weighted by Crippen LogP contribution is -1.83. The van der Waals surface area contributed by atoms with Crippen LogP contribution >= 0.6 is 24.4 Å². The fourth-order valence-corrected chi connectivity index (χ4v) is 1.23. The minimum absolute atomic E-state index is 0.754. The summed E-state index contributed by atoms with van der Waals surface area (Å²) in [5.41, 5.74) is 2.09. The van der Waals surface area contributed by atoms with Crippen LogP contribution in [0.3, 0.4) is 0 Å². The summed E-state index contributed by atoms with van der Waals surface area (Å²) in [5.74, 6) is 0. The van der Waals surface area contributed by atoms with Gasteiger partial charge in [-0.15, -0.1) is 0 Å². The number of benzene rings is 1. The third kappa shape index (κ3) is 1.58. The zero-order valence-electron chi connectivity index (χ0n) is 5.56.